The van der Waals surface area contributed by atoms with E-state index in [1.165, 1.54) is 12.5 Å². The predicted molar refractivity (Wildman–Crippen MR) is 77.6 cm³/mol. The van der Waals surface area contributed by atoms with E-state index < -0.39 is 0 Å². The smallest absolute Gasteiger partial charge is 0.142 e. The number of nitrogens with one attached hydrogen (secondary N) is 1. The number of halogens is 2. The van der Waals surface area contributed by atoms with Crippen molar-refractivity contribution in [2.45, 2.75) is 31.2 Å². The zero-order valence-electron chi connectivity index (χ0n) is 11.1. The first-order chi connectivity index (χ1) is 9.74. The van der Waals surface area contributed by atoms with Gasteiger partial charge in [-0.05, 0) is 55.6 Å². The van der Waals surface area contributed by atoms with Crippen LogP contribution in [0.25, 0.3) is 0 Å². The molecule has 0 aliphatic carbocycles. The number of benzene rings is 1. The van der Waals surface area contributed by atoms with Crippen LogP contribution in [0, 0.1) is 5.82 Å². The molecular weight excluding hydrogens is 277 g/mol. The molecule has 106 valence electrons. The van der Waals surface area contributed by atoms with Gasteiger partial charge >= 0.3 is 0 Å². The first-order valence-electron chi connectivity index (χ1n) is 6.95. The average molecular weight is 294 g/mol. The molecule has 1 aromatic heterocycles. The monoisotopic (exact) mass is 293 g/mol. The van der Waals surface area contributed by atoms with E-state index in [1.54, 1.807) is 12.3 Å². The van der Waals surface area contributed by atoms with Crippen LogP contribution in [0.3, 0.4) is 0 Å². The summed E-state index contributed by atoms with van der Waals surface area (Å²) in [5.74, 6) is 0.828. The Morgan fingerprint density at radius 1 is 1.40 bits per heavy atom. The summed E-state index contributed by atoms with van der Waals surface area (Å²) in [6.45, 7) is 1.04. The van der Waals surface area contributed by atoms with E-state index in [0.717, 1.165) is 30.7 Å². The summed E-state index contributed by atoms with van der Waals surface area (Å²) in [6.07, 6.45) is 4.75. The normalized spacial score (nSPS) is 20.2. The maximum absolute atomic E-state index is 13.6. The molecular formula is C16H17ClFNO. The molecule has 0 amide bonds. The minimum absolute atomic E-state index is 0.169. The standard InChI is InChI=1S/C16H17ClFNO/c17-13-6-5-11(10-14(13)18)9-12(15-3-1-7-19-15)16-4-2-8-20-16/h2,4-6,8,10,12,15,19H,1,3,7,9H2. The third-order valence-corrected chi connectivity index (χ3v) is 4.24. The van der Waals surface area contributed by atoms with E-state index in [-0.39, 0.29) is 16.8 Å². The van der Waals surface area contributed by atoms with Crippen LogP contribution < -0.4 is 5.32 Å². The molecule has 1 N–H and O–H groups in total. The van der Waals surface area contributed by atoms with Gasteiger partial charge in [-0.25, -0.2) is 4.39 Å². The highest BCUT2D eigenvalue weighted by Gasteiger charge is 2.28. The van der Waals surface area contributed by atoms with Crippen LogP contribution >= 0.6 is 11.6 Å². The summed E-state index contributed by atoms with van der Waals surface area (Å²) >= 11 is 5.74. The molecule has 2 nitrogen and oxygen atoms in total. The second-order valence-electron chi connectivity index (χ2n) is 5.28. The molecule has 1 aromatic carbocycles. The third-order valence-electron chi connectivity index (χ3n) is 3.93. The summed E-state index contributed by atoms with van der Waals surface area (Å²) in [7, 11) is 0. The van der Waals surface area contributed by atoms with Gasteiger partial charge in [0.2, 0.25) is 0 Å². The summed E-state index contributed by atoms with van der Waals surface area (Å²) in [6, 6.07) is 9.31. The van der Waals surface area contributed by atoms with Crippen molar-refractivity contribution in [3.05, 3.63) is 58.8 Å². The lowest BCUT2D eigenvalue weighted by Gasteiger charge is -2.22. The number of furan rings is 1. The maximum Gasteiger partial charge on any atom is 0.142 e. The van der Waals surface area contributed by atoms with Crippen LogP contribution in [0.4, 0.5) is 4.39 Å². The van der Waals surface area contributed by atoms with Crippen LogP contribution in [-0.4, -0.2) is 12.6 Å². The molecule has 3 rings (SSSR count). The lowest BCUT2D eigenvalue weighted by molar-refractivity contribution is 0.394. The van der Waals surface area contributed by atoms with Gasteiger partial charge in [-0.3, -0.25) is 0 Å². The molecule has 1 fully saturated rings. The number of hydrogen-bond acceptors (Lipinski definition) is 2. The van der Waals surface area contributed by atoms with Gasteiger partial charge in [0.15, 0.2) is 0 Å². The predicted octanol–water partition coefficient (Wildman–Crippen LogP) is 4.15. The van der Waals surface area contributed by atoms with Gasteiger partial charge in [0, 0.05) is 12.0 Å². The highest BCUT2D eigenvalue weighted by Crippen LogP contribution is 2.30. The Kier molecular flexibility index (Phi) is 4.08. The van der Waals surface area contributed by atoms with Gasteiger partial charge in [0.05, 0.1) is 11.3 Å². The summed E-state index contributed by atoms with van der Waals surface area (Å²) in [4.78, 5) is 0. The highest BCUT2D eigenvalue weighted by molar-refractivity contribution is 6.30. The fourth-order valence-electron chi connectivity index (χ4n) is 2.92. The molecule has 2 aromatic rings. The van der Waals surface area contributed by atoms with Crippen LogP contribution in [0.1, 0.15) is 30.1 Å². The van der Waals surface area contributed by atoms with E-state index in [0.29, 0.717) is 6.04 Å². The van der Waals surface area contributed by atoms with Gasteiger partial charge in [0.1, 0.15) is 11.6 Å². The fraction of sp³-hybridized carbons (Fsp3) is 0.375. The molecule has 2 atom stereocenters. The molecule has 1 aliphatic heterocycles. The summed E-state index contributed by atoms with van der Waals surface area (Å²) in [5.41, 5.74) is 0.946. The van der Waals surface area contributed by atoms with Crippen molar-refractivity contribution in [3.8, 4) is 0 Å². The lowest BCUT2D eigenvalue weighted by Crippen LogP contribution is -2.30. The van der Waals surface area contributed by atoms with Crippen molar-refractivity contribution < 1.29 is 8.81 Å². The minimum atomic E-state index is -0.359. The number of rotatable bonds is 4. The average Bonchev–Trinajstić information content (AvgIpc) is 3.12. The van der Waals surface area contributed by atoms with E-state index >= 15 is 0 Å². The van der Waals surface area contributed by atoms with Gasteiger partial charge < -0.3 is 9.73 Å². The Labute approximate surface area is 122 Å². The third kappa shape index (κ3) is 2.89. The molecule has 0 radical (unpaired) electrons. The Hall–Kier alpha value is -1.32. The Bertz CT molecular complexity index is 564. The molecule has 2 unspecified atom stereocenters. The van der Waals surface area contributed by atoms with Crippen LogP contribution in [0.15, 0.2) is 41.0 Å². The van der Waals surface area contributed by atoms with Gasteiger partial charge in [0.25, 0.3) is 0 Å². The fourth-order valence-corrected chi connectivity index (χ4v) is 3.04. The Morgan fingerprint density at radius 3 is 2.95 bits per heavy atom. The zero-order chi connectivity index (χ0) is 13.9. The SMILES string of the molecule is Fc1cc(CC(c2ccco2)C2CCCN2)ccc1Cl. The highest BCUT2D eigenvalue weighted by atomic mass is 35.5. The minimum Gasteiger partial charge on any atom is -0.469 e. The Morgan fingerprint density at radius 2 is 2.30 bits per heavy atom. The number of hydrogen-bond donors (Lipinski definition) is 1. The van der Waals surface area contributed by atoms with Crippen molar-refractivity contribution in [3.63, 3.8) is 0 Å². The molecule has 0 saturated carbocycles. The molecule has 0 bridgehead atoms. The van der Waals surface area contributed by atoms with Crippen molar-refractivity contribution in [2.75, 3.05) is 6.54 Å². The van der Waals surface area contributed by atoms with E-state index in [4.69, 9.17) is 16.0 Å². The second kappa shape index (κ2) is 5.98. The van der Waals surface area contributed by atoms with Gasteiger partial charge in [-0.2, -0.15) is 0 Å². The first kappa shape index (κ1) is 13.7. The lowest BCUT2D eigenvalue weighted by atomic mass is 9.89. The van der Waals surface area contributed by atoms with Crippen LogP contribution in [0.2, 0.25) is 5.02 Å². The summed E-state index contributed by atoms with van der Waals surface area (Å²) < 4.78 is 19.2. The van der Waals surface area contributed by atoms with Crippen molar-refractivity contribution in [1.29, 1.82) is 0 Å². The molecule has 4 heteroatoms. The van der Waals surface area contributed by atoms with E-state index in [1.807, 2.05) is 18.2 Å². The van der Waals surface area contributed by atoms with Crippen molar-refractivity contribution in [1.82, 2.24) is 5.32 Å². The molecule has 2 heterocycles. The second-order valence-corrected chi connectivity index (χ2v) is 5.68. The van der Waals surface area contributed by atoms with Gasteiger partial charge in [-0.15, -0.1) is 0 Å². The van der Waals surface area contributed by atoms with E-state index in [9.17, 15) is 4.39 Å². The molecule has 0 spiro atoms. The topological polar surface area (TPSA) is 25.2 Å². The quantitative estimate of drug-likeness (QED) is 0.916. The van der Waals surface area contributed by atoms with Crippen LogP contribution in [-0.2, 0) is 6.42 Å². The zero-order valence-corrected chi connectivity index (χ0v) is 11.9. The maximum atomic E-state index is 13.6. The van der Waals surface area contributed by atoms with Crippen LogP contribution in [0.5, 0.6) is 0 Å². The first-order valence-corrected chi connectivity index (χ1v) is 7.32. The Balaban J connectivity index is 1.84. The largest absolute Gasteiger partial charge is 0.469 e. The molecule has 1 aliphatic rings. The van der Waals surface area contributed by atoms with Gasteiger partial charge in [-0.1, -0.05) is 17.7 Å². The molecule has 1 saturated heterocycles. The van der Waals surface area contributed by atoms with Crippen molar-refractivity contribution in [2.24, 2.45) is 0 Å². The molecule has 20 heavy (non-hydrogen) atoms. The summed E-state index contributed by atoms with van der Waals surface area (Å²) in [5, 5.41) is 3.68. The van der Waals surface area contributed by atoms with E-state index in [2.05, 4.69) is 5.32 Å². The van der Waals surface area contributed by atoms with Crippen molar-refractivity contribution >= 4 is 11.6 Å².